The molecular weight excluding hydrogens is 246 g/mol. The standard InChI is InChI=1S/C13H15N3O3/c14-10-7-12(17)15(8-5-6-8)13(10)9-3-1-2-4-11(9)16(18)19/h1-4,8,10,13H,5-7,14H2. The van der Waals surface area contributed by atoms with E-state index in [1.54, 1.807) is 23.1 Å². The van der Waals surface area contributed by atoms with Gasteiger partial charge in [0.2, 0.25) is 5.91 Å². The summed E-state index contributed by atoms with van der Waals surface area (Å²) in [5, 5.41) is 11.1. The Morgan fingerprint density at radius 2 is 2.00 bits per heavy atom. The maximum absolute atomic E-state index is 12.0. The molecule has 0 bridgehead atoms. The monoisotopic (exact) mass is 261 g/mol. The van der Waals surface area contributed by atoms with Crippen molar-refractivity contribution in [1.82, 2.24) is 4.90 Å². The number of para-hydroxylation sites is 1. The lowest BCUT2D eigenvalue weighted by Crippen LogP contribution is -2.35. The third-order valence-electron chi connectivity index (χ3n) is 3.80. The van der Waals surface area contributed by atoms with Gasteiger partial charge in [0.1, 0.15) is 0 Å². The zero-order valence-corrected chi connectivity index (χ0v) is 10.4. The number of benzene rings is 1. The minimum atomic E-state index is -0.407. The van der Waals surface area contributed by atoms with Crippen LogP contribution in [0.4, 0.5) is 5.69 Å². The van der Waals surface area contributed by atoms with Gasteiger partial charge < -0.3 is 10.6 Å². The summed E-state index contributed by atoms with van der Waals surface area (Å²) in [4.78, 5) is 24.5. The highest BCUT2D eigenvalue weighted by molar-refractivity contribution is 5.81. The molecule has 1 amide bonds. The smallest absolute Gasteiger partial charge is 0.274 e. The minimum Gasteiger partial charge on any atom is -0.331 e. The molecule has 1 saturated heterocycles. The Morgan fingerprint density at radius 3 is 2.63 bits per heavy atom. The minimum absolute atomic E-state index is 0.0122. The summed E-state index contributed by atoms with van der Waals surface area (Å²) >= 11 is 0. The Hall–Kier alpha value is -1.95. The summed E-state index contributed by atoms with van der Waals surface area (Å²) in [5.74, 6) is 0.0122. The molecule has 1 saturated carbocycles. The van der Waals surface area contributed by atoms with Gasteiger partial charge in [-0.3, -0.25) is 14.9 Å². The number of hydrogen-bond acceptors (Lipinski definition) is 4. The van der Waals surface area contributed by atoms with Crippen molar-refractivity contribution in [2.75, 3.05) is 0 Å². The first kappa shape index (κ1) is 12.1. The van der Waals surface area contributed by atoms with Gasteiger partial charge in [0.25, 0.3) is 5.69 Å². The van der Waals surface area contributed by atoms with Crippen molar-refractivity contribution in [3.05, 3.63) is 39.9 Å². The molecule has 2 atom stereocenters. The van der Waals surface area contributed by atoms with Crippen molar-refractivity contribution in [2.45, 2.75) is 37.4 Å². The van der Waals surface area contributed by atoms with Crippen LogP contribution < -0.4 is 5.73 Å². The van der Waals surface area contributed by atoms with Gasteiger partial charge in [-0.2, -0.15) is 0 Å². The van der Waals surface area contributed by atoms with E-state index in [-0.39, 0.29) is 36.1 Å². The molecule has 2 unspecified atom stereocenters. The van der Waals surface area contributed by atoms with Crippen LogP contribution in [0.5, 0.6) is 0 Å². The van der Waals surface area contributed by atoms with Gasteiger partial charge in [0, 0.05) is 24.6 Å². The van der Waals surface area contributed by atoms with E-state index in [0.29, 0.717) is 5.56 Å². The molecule has 2 N–H and O–H groups in total. The Bertz CT molecular complexity index is 542. The second-order valence-corrected chi connectivity index (χ2v) is 5.16. The molecule has 6 nitrogen and oxygen atoms in total. The first-order valence-corrected chi connectivity index (χ1v) is 6.39. The zero-order valence-electron chi connectivity index (χ0n) is 10.4. The van der Waals surface area contributed by atoms with E-state index in [4.69, 9.17) is 5.73 Å². The lowest BCUT2D eigenvalue weighted by molar-refractivity contribution is -0.386. The predicted molar refractivity (Wildman–Crippen MR) is 68.3 cm³/mol. The van der Waals surface area contributed by atoms with Crippen LogP contribution in [0.3, 0.4) is 0 Å². The van der Waals surface area contributed by atoms with Crippen LogP contribution in [-0.4, -0.2) is 27.8 Å². The first-order chi connectivity index (χ1) is 9.09. The molecule has 1 aromatic rings. The average Bonchev–Trinajstić information content (AvgIpc) is 3.15. The van der Waals surface area contributed by atoms with Crippen LogP contribution in [0.25, 0.3) is 0 Å². The zero-order chi connectivity index (χ0) is 13.6. The molecule has 1 heterocycles. The first-order valence-electron chi connectivity index (χ1n) is 6.39. The SMILES string of the molecule is NC1CC(=O)N(C2CC2)C1c1ccccc1[N+](=O)[O-]. The number of carbonyl (C=O) groups is 1. The van der Waals surface area contributed by atoms with Crippen molar-refractivity contribution in [1.29, 1.82) is 0 Å². The van der Waals surface area contributed by atoms with Crippen molar-refractivity contribution in [3.63, 3.8) is 0 Å². The van der Waals surface area contributed by atoms with Crippen LogP contribution in [0.1, 0.15) is 30.9 Å². The third kappa shape index (κ3) is 1.98. The lowest BCUT2D eigenvalue weighted by atomic mass is 9.99. The fourth-order valence-corrected chi connectivity index (χ4v) is 2.85. The Labute approximate surface area is 110 Å². The highest BCUT2D eigenvalue weighted by atomic mass is 16.6. The molecule has 3 rings (SSSR count). The summed E-state index contributed by atoms with van der Waals surface area (Å²) in [7, 11) is 0. The van der Waals surface area contributed by atoms with Gasteiger partial charge in [-0.1, -0.05) is 18.2 Å². The van der Waals surface area contributed by atoms with Gasteiger partial charge in [-0.15, -0.1) is 0 Å². The summed E-state index contributed by atoms with van der Waals surface area (Å²) in [6.45, 7) is 0. The van der Waals surface area contributed by atoms with Crippen LogP contribution in [-0.2, 0) is 4.79 Å². The second-order valence-electron chi connectivity index (χ2n) is 5.16. The molecule has 100 valence electrons. The normalized spacial score (nSPS) is 26.8. The molecule has 0 radical (unpaired) electrons. The molecule has 1 aliphatic heterocycles. The van der Waals surface area contributed by atoms with Gasteiger partial charge >= 0.3 is 0 Å². The maximum atomic E-state index is 12.0. The second kappa shape index (κ2) is 4.31. The Balaban J connectivity index is 2.04. The van der Waals surface area contributed by atoms with Crippen molar-refractivity contribution in [2.24, 2.45) is 5.73 Å². The van der Waals surface area contributed by atoms with Crippen LogP contribution in [0, 0.1) is 10.1 Å². The van der Waals surface area contributed by atoms with Crippen molar-refractivity contribution >= 4 is 11.6 Å². The third-order valence-corrected chi connectivity index (χ3v) is 3.80. The van der Waals surface area contributed by atoms with E-state index in [1.165, 1.54) is 6.07 Å². The van der Waals surface area contributed by atoms with Crippen LogP contribution in [0.15, 0.2) is 24.3 Å². The van der Waals surface area contributed by atoms with E-state index in [0.717, 1.165) is 12.8 Å². The number of hydrogen-bond donors (Lipinski definition) is 1. The number of nitro groups is 1. The number of likely N-dealkylation sites (tertiary alicyclic amines) is 1. The number of amides is 1. The number of nitrogens with two attached hydrogens (primary N) is 1. The molecule has 0 aromatic heterocycles. The van der Waals surface area contributed by atoms with Crippen molar-refractivity contribution < 1.29 is 9.72 Å². The van der Waals surface area contributed by atoms with E-state index in [1.807, 2.05) is 0 Å². The molecule has 0 spiro atoms. The van der Waals surface area contributed by atoms with E-state index in [9.17, 15) is 14.9 Å². The maximum Gasteiger partial charge on any atom is 0.274 e. The molecule has 1 aliphatic carbocycles. The average molecular weight is 261 g/mol. The summed E-state index contributed by atoms with van der Waals surface area (Å²) < 4.78 is 0. The number of carbonyl (C=O) groups excluding carboxylic acids is 1. The Morgan fingerprint density at radius 1 is 1.32 bits per heavy atom. The van der Waals surface area contributed by atoms with Gasteiger partial charge in [0.15, 0.2) is 0 Å². The van der Waals surface area contributed by atoms with Crippen LogP contribution in [0.2, 0.25) is 0 Å². The summed E-state index contributed by atoms with van der Waals surface area (Å²) in [6.07, 6.45) is 2.21. The predicted octanol–water partition coefficient (Wildman–Crippen LogP) is 1.36. The highest BCUT2D eigenvalue weighted by Gasteiger charge is 2.47. The fourth-order valence-electron chi connectivity index (χ4n) is 2.85. The number of rotatable bonds is 3. The van der Waals surface area contributed by atoms with E-state index in [2.05, 4.69) is 0 Å². The summed E-state index contributed by atoms with van der Waals surface area (Å²) in [5.41, 5.74) is 6.64. The van der Waals surface area contributed by atoms with E-state index < -0.39 is 4.92 Å². The van der Waals surface area contributed by atoms with Gasteiger partial charge in [-0.05, 0) is 12.8 Å². The molecule has 19 heavy (non-hydrogen) atoms. The molecule has 2 fully saturated rings. The highest BCUT2D eigenvalue weighted by Crippen LogP contribution is 2.43. The molecule has 1 aromatic carbocycles. The Kier molecular flexibility index (Phi) is 2.74. The molecular formula is C13H15N3O3. The van der Waals surface area contributed by atoms with Gasteiger partial charge in [0.05, 0.1) is 16.5 Å². The summed E-state index contributed by atoms with van der Waals surface area (Å²) in [6, 6.07) is 6.04. The number of nitro benzene ring substituents is 1. The fraction of sp³-hybridized carbons (Fsp3) is 0.462. The van der Waals surface area contributed by atoms with Crippen molar-refractivity contribution in [3.8, 4) is 0 Å². The van der Waals surface area contributed by atoms with E-state index >= 15 is 0 Å². The number of nitrogens with zero attached hydrogens (tertiary/aromatic N) is 2. The topological polar surface area (TPSA) is 89.5 Å². The van der Waals surface area contributed by atoms with Gasteiger partial charge in [-0.25, -0.2) is 0 Å². The molecule has 2 aliphatic rings. The molecule has 6 heteroatoms. The van der Waals surface area contributed by atoms with Crippen LogP contribution >= 0.6 is 0 Å². The quantitative estimate of drug-likeness (QED) is 0.657. The lowest BCUT2D eigenvalue weighted by Gasteiger charge is -2.26. The largest absolute Gasteiger partial charge is 0.331 e.